The van der Waals surface area contributed by atoms with Crippen LogP contribution in [0.2, 0.25) is 0 Å². The van der Waals surface area contributed by atoms with Crippen molar-refractivity contribution in [3.8, 4) is 0 Å². The van der Waals surface area contributed by atoms with Gasteiger partial charge in [0.1, 0.15) is 0 Å². The van der Waals surface area contributed by atoms with Crippen LogP contribution in [0.1, 0.15) is 36.1 Å². The topological polar surface area (TPSA) is 34.1 Å². The first-order valence-corrected chi connectivity index (χ1v) is 9.10. The van der Waals surface area contributed by atoms with Gasteiger partial charge in [0.05, 0.1) is 9.81 Å². The average Bonchev–Trinajstić information content (AvgIpc) is 2.52. The SMILES string of the molecule is C/C=C(\c1ccc(C)cc1)S(=O)(=O)/C(=C/C)c1ccc(C)cc1. The van der Waals surface area contributed by atoms with Crippen molar-refractivity contribution in [2.75, 3.05) is 0 Å². The largest absolute Gasteiger partial charge is 0.218 e. The summed E-state index contributed by atoms with van der Waals surface area (Å²) in [4.78, 5) is 0.678. The second-order valence-corrected chi connectivity index (χ2v) is 7.43. The number of hydrogen-bond donors (Lipinski definition) is 0. The molecule has 0 heterocycles. The molecule has 23 heavy (non-hydrogen) atoms. The van der Waals surface area contributed by atoms with Gasteiger partial charge in [-0.1, -0.05) is 71.8 Å². The Morgan fingerprint density at radius 2 is 1.00 bits per heavy atom. The van der Waals surface area contributed by atoms with Crippen LogP contribution in [0.4, 0.5) is 0 Å². The number of rotatable bonds is 4. The van der Waals surface area contributed by atoms with Crippen LogP contribution in [0.3, 0.4) is 0 Å². The van der Waals surface area contributed by atoms with E-state index in [1.165, 1.54) is 0 Å². The lowest BCUT2D eigenvalue weighted by atomic mass is 10.1. The van der Waals surface area contributed by atoms with Crippen molar-refractivity contribution in [1.82, 2.24) is 0 Å². The Balaban J connectivity index is 2.53. The fourth-order valence-electron chi connectivity index (χ4n) is 2.51. The number of benzene rings is 2. The number of aryl methyl sites for hydroxylation is 2. The maximum absolute atomic E-state index is 13.1. The van der Waals surface area contributed by atoms with Crippen molar-refractivity contribution < 1.29 is 8.42 Å². The Hall–Kier alpha value is -2.13. The average molecular weight is 326 g/mol. The summed E-state index contributed by atoms with van der Waals surface area (Å²) in [5.74, 6) is 0. The summed E-state index contributed by atoms with van der Waals surface area (Å²) >= 11 is 0. The van der Waals surface area contributed by atoms with Gasteiger partial charge < -0.3 is 0 Å². The molecule has 2 nitrogen and oxygen atoms in total. The summed E-state index contributed by atoms with van der Waals surface area (Å²) in [6, 6.07) is 15.1. The number of hydrogen-bond acceptors (Lipinski definition) is 2. The van der Waals surface area contributed by atoms with Crippen molar-refractivity contribution >= 4 is 19.6 Å². The number of allylic oxidation sites excluding steroid dienone is 2. The summed E-state index contributed by atoms with van der Waals surface area (Å²) in [6.07, 6.45) is 3.33. The molecule has 0 bridgehead atoms. The third-order valence-electron chi connectivity index (χ3n) is 3.78. The molecule has 0 saturated heterocycles. The molecule has 0 N–H and O–H groups in total. The molecule has 0 aliphatic carbocycles. The molecule has 0 unspecified atom stereocenters. The van der Waals surface area contributed by atoms with E-state index in [-0.39, 0.29) is 0 Å². The third kappa shape index (κ3) is 3.62. The Bertz CT molecular complexity index is 770. The highest BCUT2D eigenvalue weighted by Gasteiger charge is 2.24. The molecule has 0 aliphatic rings. The third-order valence-corrected chi connectivity index (χ3v) is 5.88. The Labute approximate surface area is 139 Å². The molecule has 0 amide bonds. The van der Waals surface area contributed by atoms with Crippen molar-refractivity contribution in [2.24, 2.45) is 0 Å². The molecule has 0 aromatic heterocycles. The van der Waals surface area contributed by atoms with Crippen LogP contribution in [0.25, 0.3) is 9.81 Å². The molecule has 0 radical (unpaired) electrons. The fraction of sp³-hybridized carbons (Fsp3) is 0.200. The molecule has 0 atom stereocenters. The molecule has 3 heteroatoms. The first kappa shape index (κ1) is 17.2. The summed E-state index contributed by atoms with van der Waals surface area (Å²) < 4.78 is 26.3. The molecule has 0 fully saturated rings. The smallest absolute Gasteiger partial charge is 0.207 e. The van der Waals surface area contributed by atoms with Crippen LogP contribution >= 0.6 is 0 Å². The lowest BCUT2D eigenvalue weighted by Crippen LogP contribution is -2.06. The number of sulfone groups is 1. The minimum atomic E-state index is -3.57. The first-order valence-electron chi connectivity index (χ1n) is 7.62. The molecule has 0 spiro atoms. The molecule has 0 saturated carbocycles. The normalized spacial score (nSPS) is 13.2. The van der Waals surface area contributed by atoms with Gasteiger partial charge in [-0.25, -0.2) is 8.42 Å². The van der Waals surface area contributed by atoms with Gasteiger partial charge >= 0.3 is 0 Å². The monoisotopic (exact) mass is 326 g/mol. The lowest BCUT2D eigenvalue weighted by Gasteiger charge is -2.13. The molecular weight excluding hydrogens is 304 g/mol. The van der Waals surface area contributed by atoms with Crippen LogP contribution in [0, 0.1) is 13.8 Å². The van der Waals surface area contributed by atoms with E-state index >= 15 is 0 Å². The maximum Gasteiger partial charge on any atom is 0.207 e. The van der Waals surface area contributed by atoms with Gasteiger partial charge in [-0.2, -0.15) is 0 Å². The zero-order chi connectivity index (χ0) is 17.0. The predicted octanol–water partition coefficient (Wildman–Crippen LogP) is 5.14. The van der Waals surface area contributed by atoms with E-state index in [9.17, 15) is 8.42 Å². The van der Waals surface area contributed by atoms with Crippen molar-refractivity contribution in [3.63, 3.8) is 0 Å². The first-order chi connectivity index (χ1) is 10.9. The van der Waals surface area contributed by atoms with E-state index < -0.39 is 9.84 Å². The van der Waals surface area contributed by atoms with Crippen LogP contribution in [-0.2, 0) is 9.84 Å². The second kappa shape index (κ2) is 6.97. The highest BCUT2D eigenvalue weighted by Crippen LogP contribution is 2.33. The zero-order valence-corrected chi connectivity index (χ0v) is 14.8. The van der Waals surface area contributed by atoms with E-state index in [4.69, 9.17) is 0 Å². The van der Waals surface area contributed by atoms with Gasteiger partial charge in [0.15, 0.2) is 0 Å². The summed E-state index contributed by atoms with van der Waals surface area (Å²) in [7, 11) is -3.57. The Kier molecular flexibility index (Phi) is 5.22. The van der Waals surface area contributed by atoms with Crippen LogP contribution < -0.4 is 0 Å². The molecule has 120 valence electrons. The summed E-state index contributed by atoms with van der Waals surface area (Å²) in [5, 5.41) is 0. The minimum absolute atomic E-state index is 0.339. The van der Waals surface area contributed by atoms with Crippen molar-refractivity contribution in [1.29, 1.82) is 0 Å². The van der Waals surface area contributed by atoms with Gasteiger partial charge in [-0.15, -0.1) is 0 Å². The van der Waals surface area contributed by atoms with E-state index in [0.717, 1.165) is 11.1 Å². The van der Waals surface area contributed by atoms with Gasteiger partial charge in [-0.3, -0.25) is 0 Å². The second-order valence-electron chi connectivity index (χ2n) is 5.54. The highest BCUT2D eigenvalue weighted by atomic mass is 32.2. The van der Waals surface area contributed by atoms with Gasteiger partial charge in [0.2, 0.25) is 9.84 Å². The molecular formula is C20H22O2S. The zero-order valence-electron chi connectivity index (χ0n) is 14.0. The molecule has 0 aliphatic heterocycles. The molecule has 2 aromatic rings. The van der Waals surface area contributed by atoms with Crippen LogP contribution in [0.15, 0.2) is 60.7 Å². The van der Waals surface area contributed by atoms with Gasteiger partial charge in [0, 0.05) is 0 Å². The predicted molar refractivity (Wildman–Crippen MR) is 98.6 cm³/mol. The van der Waals surface area contributed by atoms with Gasteiger partial charge in [-0.05, 0) is 38.8 Å². The van der Waals surface area contributed by atoms with Gasteiger partial charge in [0.25, 0.3) is 0 Å². The lowest BCUT2D eigenvalue weighted by molar-refractivity contribution is 0.615. The summed E-state index contributed by atoms with van der Waals surface area (Å²) in [6.45, 7) is 7.49. The quantitative estimate of drug-likeness (QED) is 0.779. The molecule has 2 rings (SSSR count). The summed E-state index contributed by atoms with van der Waals surface area (Å²) in [5.41, 5.74) is 3.63. The highest BCUT2D eigenvalue weighted by molar-refractivity contribution is 8.09. The van der Waals surface area contributed by atoms with Crippen molar-refractivity contribution in [3.05, 3.63) is 82.9 Å². The van der Waals surface area contributed by atoms with E-state index in [2.05, 4.69) is 0 Å². The van der Waals surface area contributed by atoms with Crippen LogP contribution in [0.5, 0.6) is 0 Å². The van der Waals surface area contributed by atoms with E-state index in [1.54, 1.807) is 26.0 Å². The standard InChI is InChI=1S/C20H22O2S/c1-5-19(17-11-7-15(3)8-12-17)23(21,22)20(6-2)18-13-9-16(4)10-14-18/h5-14H,1-4H3/b19-5+,20-6+. The minimum Gasteiger partial charge on any atom is -0.218 e. The van der Waals surface area contributed by atoms with E-state index in [1.807, 2.05) is 62.4 Å². The van der Waals surface area contributed by atoms with Crippen LogP contribution in [-0.4, -0.2) is 8.42 Å². The van der Waals surface area contributed by atoms with Crippen molar-refractivity contribution in [2.45, 2.75) is 27.7 Å². The Morgan fingerprint density at radius 1 is 0.696 bits per heavy atom. The Morgan fingerprint density at radius 3 is 1.26 bits per heavy atom. The maximum atomic E-state index is 13.1. The fourth-order valence-corrected chi connectivity index (χ4v) is 4.26. The van der Waals surface area contributed by atoms with E-state index in [0.29, 0.717) is 20.9 Å². The molecule has 2 aromatic carbocycles.